The van der Waals surface area contributed by atoms with Crippen LogP contribution in [0.25, 0.3) is 0 Å². The van der Waals surface area contributed by atoms with Crippen LogP contribution >= 0.6 is 0 Å². The van der Waals surface area contributed by atoms with Crippen LogP contribution in [0.4, 0.5) is 0 Å². The van der Waals surface area contributed by atoms with Crippen molar-refractivity contribution < 1.29 is 15.4 Å². The van der Waals surface area contributed by atoms with Crippen LogP contribution in [-0.2, 0) is 0 Å². The van der Waals surface area contributed by atoms with Crippen LogP contribution in [0.1, 0.15) is 46.5 Å². The summed E-state index contributed by atoms with van der Waals surface area (Å²) >= 11 is 0. The molecule has 6 heteroatoms. The van der Waals surface area contributed by atoms with Crippen LogP contribution in [0.15, 0.2) is 5.16 Å². The Morgan fingerprint density at radius 3 is 2.21 bits per heavy atom. The van der Waals surface area contributed by atoms with Crippen LogP contribution < -0.4 is 11.1 Å². The summed E-state index contributed by atoms with van der Waals surface area (Å²) in [6, 6.07) is 0. The van der Waals surface area contributed by atoms with Gasteiger partial charge >= 0.3 is 0 Å². The highest BCUT2D eigenvalue weighted by Crippen LogP contribution is 2.23. The number of nitrogens with two attached hydrogens (primary N) is 1. The Morgan fingerprint density at radius 1 is 1.21 bits per heavy atom. The largest absolute Gasteiger partial charge is 0.409 e. The molecule has 0 aliphatic heterocycles. The fraction of sp³-hybridized carbons (Fsp3) is 0.923. The molecule has 0 fully saturated rings. The molecule has 0 atom stereocenters. The van der Waals surface area contributed by atoms with Crippen LogP contribution in [0, 0.1) is 5.41 Å². The molecule has 0 aromatic rings. The normalized spacial score (nSPS) is 13.8. The maximum Gasteiger partial charge on any atom is 0.144 e. The van der Waals surface area contributed by atoms with Gasteiger partial charge in [-0.05, 0) is 25.8 Å². The molecule has 19 heavy (non-hydrogen) atoms. The lowest BCUT2D eigenvalue weighted by atomic mass is 9.86. The van der Waals surface area contributed by atoms with E-state index in [0.29, 0.717) is 6.42 Å². The van der Waals surface area contributed by atoms with E-state index < -0.39 is 5.54 Å². The first-order valence-corrected chi connectivity index (χ1v) is 6.82. The zero-order chi connectivity index (χ0) is 14.9. The molecule has 0 amide bonds. The van der Waals surface area contributed by atoms with Crippen molar-refractivity contribution >= 4 is 5.84 Å². The number of nitrogens with one attached hydrogen (secondary N) is 1. The number of amidine groups is 1. The van der Waals surface area contributed by atoms with Gasteiger partial charge in [0.25, 0.3) is 0 Å². The molecule has 0 saturated carbocycles. The fourth-order valence-corrected chi connectivity index (χ4v) is 1.82. The summed E-state index contributed by atoms with van der Waals surface area (Å²) in [4.78, 5) is 0. The second-order valence-electron chi connectivity index (χ2n) is 5.70. The molecular formula is C13H29N3O3. The van der Waals surface area contributed by atoms with Gasteiger partial charge in [-0.25, -0.2) is 0 Å². The fourth-order valence-electron chi connectivity index (χ4n) is 1.82. The highest BCUT2D eigenvalue weighted by molar-refractivity contribution is 5.85. The molecule has 0 spiro atoms. The number of rotatable bonds is 10. The number of hydrogen-bond donors (Lipinski definition) is 5. The van der Waals surface area contributed by atoms with Gasteiger partial charge in [0.05, 0.1) is 18.8 Å². The lowest BCUT2D eigenvalue weighted by Crippen LogP contribution is -2.51. The maximum atomic E-state index is 9.28. The van der Waals surface area contributed by atoms with E-state index in [1.807, 2.05) is 20.8 Å². The van der Waals surface area contributed by atoms with Crippen LogP contribution in [0.2, 0.25) is 0 Å². The number of unbranched alkanes of at least 4 members (excludes halogenated alkanes) is 1. The van der Waals surface area contributed by atoms with Crippen LogP contribution in [-0.4, -0.2) is 46.6 Å². The first-order chi connectivity index (χ1) is 8.87. The Labute approximate surface area is 115 Å². The smallest absolute Gasteiger partial charge is 0.144 e. The molecule has 6 N–H and O–H groups in total. The zero-order valence-corrected chi connectivity index (χ0v) is 12.3. The standard InChI is InChI=1S/C13H29N3O3/c1-4-13(9-17,10-18)15-8-6-5-7-12(2,3)11(14)16-19/h15,17-19H,4-10H2,1-3H3,(H2,14,16). The monoisotopic (exact) mass is 275 g/mol. The predicted octanol–water partition coefficient (Wildman–Crippen LogP) is 0.652. The van der Waals surface area contributed by atoms with Gasteiger partial charge in [-0.2, -0.15) is 0 Å². The molecule has 0 aliphatic rings. The minimum atomic E-state index is -0.582. The van der Waals surface area contributed by atoms with Crippen molar-refractivity contribution in [1.29, 1.82) is 0 Å². The van der Waals surface area contributed by atoms with Gasteiger partial charge in [0.1, 0.15) is 5.84 Å². The van der Waals surface area contributed by atoms with Gasteiger partial charge in [-0.3, -0.25) is 0 Å². The number of nitrogens with zero attached hydrogens (tertiary/aromatic N) is 1. The van der Waals surface area contributed by atoms with E-state index in [9.17, 15) is 10.2 Å². The highest BCUT2D eigenvalue weighted by atomic mass is 16.4. The van der Waals surface area contributed by atoms with Crippen molar-refractivity contribution in [2.24, 2.45) is 16.3 Å². The molecule has 0 bridgehead atoms. The Hall–Kier alpha value is -0.850. The molecule has 0 saturated heterocycles. The first-order valence-electron chi connectivity index (χ1n) is 6.82. The molecule has 0 radical (unpaired) electrons. The van der Waals surface area contributed by atoms with Crippen molar-refractivity contribution in [2.45, 2.75) is 52.0 Å². The van der Waals surface area contributed by atoms with E-state index in [2.05, 4.69) is 10.5 Å². The topological polar surface area (TPSA) is 111 Å². The number of hydrogen-bond acceptors (Lipinski definition) is 5. The summed E-state index contributed by atoms with van der Waals surface area (Å²) < 4.78 is 0. The lowest BCUT2D eigenvalue weighted by Gasteiger charge is -2.30. The molecule has 114 valence electrons. The number of oxime groups is 1. The molecule has 6 nitrogen and oxygen atoms in total. The third kappa shape index (κ3) is 5.76. The van der Waals surface area contributed by atoms with Crippen LogP contribution in [0.5, 0.6) is 0 Å². The van der Waals surface area contributed by atoms with Crippen molar-refractivity contribution in [3.63, 3.8) is 0 Å². The second kappa shape index (κ2) is 8.35. The lowest BCUT2D eigenvalue weighted by molar-refractivity contribution is 0.0875. The van der Waals surface area contributed by atoms with E-state index >= 15 is 0 Å². The van der Waals surface area contributed by atoms with Gasteiger partial charge in [0, 0.05) is 5.41 Å². The van der Waals surface area contributed by atoms with E-state index in [-0.39, 0.29) is 24.5 Å². The Kier molecular flexibility index (Phi) is 7.97. The predicted molar refractivity (Wildman–Crippen MR) is 76.2 cm³/mol. The van der Waals surface area contributed by atoms with Crippen molar-refractivity contribution in [3.8, 4) is 0 Å². The van der Waals surface area contributed by atoms with E-state index in [1.165, 1.54) is 0 Å². The van der Waals surface area contributed by atoms with E-state index in [1.54, 1.807) is 0 Å². The Balaban J connectivity index is 4.00. The molecule has 0 unspecified atom stereocenters. The van der Waals surface area contributed by atoms with Crippen molar-refractivity contribution in [1.82, 2.24) is 5.32 Å². The minimum absolute atomic E-state index is 0.0738. The summed E-state index contributed by atoms with van der Waals surface area (Å²) in [5.74, 6) is 0.245. The molecule has 0 heterocycles. The van der Waals surface area contributed by atoms with Gasteiger partial charge in [0.15, 0.2) is 0 Å². The average molecular weight is 275 g/mol. The van der Waals surface area contributed by atoms with Gasteiger partial charge in [-0.1, -0.05) is 32.3 Å². The summed E-state index contributed by atoms with van der Waals surface area (Å²) in [5.41, 5.74) is 4.72. The van der Waals surface area contributed by atoms with Gasteiger partial charge < -0.3 is 26.5 Å². The summed E-state index contributed by atoms with van der Waals surface area (Å²) in [6.45, 7) is 6.38. The van der Waals surface area contributed by atoms with Gasteiger partial charge in [-0.15, -0.1) is 0 Å². The summed E-state index contributed by atoms with van der Waals surface area (Å²) in [5, 5.41) is 33.5. The quantitative estimate of drug-likeness (QED) is 0.132. The summed E-state index contributed by atoms with van der Waals surface area (Å²) in [7, 11) is 0. The molecule has 0 aromatic heterocycles. The first kappa shape index (κ1) is 18.1. The minimum Gasteiger partial charge on any atom is -0.409 e. The third-order valence-electron chi connectivity index (χ3n) is 3.81. The van der Waals surface area contributed by atoms with Crippen molar-refractivity contribution in [3.05, 3.63) is 0 Å². The van der Waals surface area contributed by atoms with E-state index in [4.69, 9.17) is 10.9 Å². The molecular weight excluding hydrogens is 246 g/mol. The molecule has 0 aliphatic carbocycles. The summed E-state index contributed by atoms with van der Waals surface area (Å²) in [6.07, 6.45) is 3.33. The number of aliphatic hydroxyl groups is 2. The second-order valence-corrected chi connectivity index (χ2v) is 5.70. The Morgan fingerprint density at radius 2 is 1.79 bits per heavy atom. The van der Waals surface area contributed by atoms with Gasteiger partial charge in [0.2, 0.25) is 0 Å². The molecule has 0 rings (SSSR count). The van der Waals surface area contributed by atoms with Crippen LogP contribution in [0.3, 0.4) is 0 Å². The number of aliphatic hydroxyl groups excluding tert-OH is 2. The average Bonchev–Trinajstić information content (AvgIpc) is 2.42. The zero-order valence-electron chi connectivity index (χ0n) is 12.3. The van der Waals surface area contributed by atoms with E-state index in [0.717, 1.165) is 25.8 Å². The molecule has 0 aromatic carbocycles. The Bertz CT molecular complexity index is 268. The maximum absolute atomic E-state index is 9.28. The third-order valence-corrected chi connectivity index (χ3v) is 3.81. The highest BCUT2D eigenvalue weighted by Gasteiger charge is 2.26. The van der Waals surface area contributed by atoms with Crippen molar-refractivity contribution in [2.75, 3.05) is 19.8 Å². The SMILES string of the molecule is CCC(CO)(CO)NCCCCC(C)(C)C(N)=NO.